The van der Waals surface area contributed by atoms with E-state index in [1.165, 1.54) is 0 Å². The van der Waals surface area contributed by atoms with Crippen LogP contribution in [-0.4, -0.2) is 35.2 Å². The normalized spacial score (nSPS) is 23.0. The van der Waals surface area contributed by atoms with Crippen LogP contribution >= 0.6 is 0 Å². The molecule has 4 rings (SSSR count). The fourth-order valence-corrected chi connectivity index (χ4v) is 7.71. The van der Waals surface area contributed by atoms with Gasteiger partial charge >= 0.3 is 164 Å². The Morgan fingerprint density at radius 3 is 2.29 bits per heavy atom. The van der Waals surface area contributed by atoms with Crippen LogP contribution in [0.2, 0.25) is 6.55 Å². The van der Waals surface area contributed by atoms with Crippen LogP contribution < -0.4 is 0 Å². The summed E-state index contributed by atoms with van der Waals surface area (Å²) in [7, 11) is -4.15. The molecular formula is C20H21N5O2Si. The standard InChI is InChI=1S/C20H21N5O2Si/c1-16-22-24(15-18-10-6-4-7-11-18)28(3,26-16)25(23-17(2)27-28)20(14-21)19-12-8-5-9-13-19/h4-13,15,20H,1-3H3/b24-15+/t20-/m1/s1. The quantitative estimate of drug-likeness (QED) is 0.752. The predicted molar refractivity (Wildman–Crippen MR) is 109 cm³/mol. The van der Waals surface area contributed by atoms with E-state index in [1.807, 2.05) is 73.4 Å². The van der Waals surface area contributed by atoms with Crippen molar-refractivity contribution in [3.8, 4) is 6.07 Å². The second-order valence-corrected chi connectivity index (χ2v) is 11.1. The Hall–Kier alpha value is -3.44. The minimum atomic E-state index is -4.15. The zero-order chi connectivity index (χ0) is 19.8. The van der Waals surface area contributed by atoms with Crippen molar-refractivity contribution in [3.63, 3.8) is 0 Å². The van der Waals surface area contributed by atoms with E-state index in [4.69, 9.17) is 8.85 Å². The maximum absolute atomic E-state index is 10.0. The van der Waals surface area contributed by atoms with Crippen LogP contribution in [0.4, 0.5) is 0 Å². The molecule has 8 heteroatoms. The van der Waals surface area contributed by atoms with Crippen molar-refractivity contribution in [1.29, 1.82) is 5.26 Å². The molecule has 0 N–H and O–H groups in total. The van der Waals surface area contributed by atoms with E-state index in [2.05, 4.69) is 16.3 Å². The first kappa shape index (κ1) is 17.9. The van der Waals surface area contributed by atoms with Gasteiger partial charge in [0.1, 0.15) is 0 Å². The van der Waals surface area contributed by atoms with E-state index in [1.54, 1.807) is 22.9 Å². The summed E-state index contributed by atoms with van der Waals surface area (Å²) in [6.07, 6.45) is 1.88. The summed E-state index contributed by atoms with van der Waals surface area (Å²) >= 11 is 0. The number of hydrogen-bond donors (Lipinski definition) is 0. The van der Waals surface area contributed by atoms with Gasteiger partial charge in [-0.1, -0.05) is 0 Å². The maximum atomic E-state index is 10.0. The van der Waals surface area contributed by atoms with E-state index >= 15 is 0 Å². The molecule has 28 heavy (non-hydrogen) atoms. The van der Waals surface area contributed by atoms with E-state index in [-0.39, 0.29) is 0 Å². The van der Waals surface area contributed by atoms with Crippen molar-refractivity contribution in [1.82, 2.24) is 4.67 Å². The molecule has 0 radical (unpaired) electrons. The van der Waals surface area contributed by atoms with Crippen molar-refractivity contribution in [3.05, 3.63) is 71.8 Å². The number of rotatable bonds is 3. The van der Waals surface area contributed by atoms with Gasteiger partial charge in [-0.25, -0.2) is 0 Å². The van der Waals surface area contributed by atoms with Crippen LogP contribution in [0.5, 0.6) is 0 Å². The third-order valence-corrected chi connectivity index (χ3v) is 9.05. The number of hydrogen-bond acceptors (Lipinski definition) is 6. The zero-order valence-corrected chi connectivity index (χ0v) is 17.0. The van der Waals surface area contributed by atoms with Crippen LogP contribution in [0, 0.1) is 11.3 Å². The fourth-order valence-electron chi connectivity index (χ4n) is 3.67. The average molecular weight is 392 g/mol. The van der Waals surface area contributed by atoms with Crippen molar-refractivity contribution >= 4 is 26.2 Å². The average Bonchev–Trinajstić information content (AvgIpc) is 3.09. The van der Waals surface area contributed by atoms with Crippen molar-refractivity contribution in [2.45, 2.75) is 26.4 Å². The van der Waals surface area contributed by atoms with Gasteiger partial charge < -0.3 is 0 Å². The molecular weight excluding hydrogens is 370 g/mol. The Kier molecular flexibility index (Phi) is 4.05. The third kappa shape index (κ3) is 2.68. The Morgan fingerprint density at radius 1 is 1.04 bits per heavy atom. The summed E-state index contributed by atoms with van der Waals surface area (Å²) in [4.78, 5) is 0. The summed E-state index contributed by atoms with van der Waals surface area (Å²) < 4.78 is 16.0. The first-order valence-corrected chi connectivity index (χ1v) is 11.7. The molecule has 7 nitrogen and oxygen atoms in total. The molecule has 0 saturated carbocycles. The molecule has 142 valence electrons. The van der Waals surface area contributed by atoms with Crippen LogP contribution in [0.3, 0.4) is 0 Å². The van der Waals surface area contributed by atoms with Crippen LogP contribution in [0.1, 0.15) is 31.0 Å². The first-order chi connectivity index (χ1) is 13.4. The van der Waals surface area contributed by atoms with Gasteiger partial charge in [-0.15, -0.1) is 0 Å². The van der Waals surface area contributed by atoms with Crippen molar-refractivity contribution < 1.29 is 13.2 Å². The summed E-state index contributed by atoms with van der Waals surface area (Å²) in [5, 5.41) is 19.2. The van der Waals surface area contributed by atoms with Crippen molar-refractivity contribution in [2.75, 3.05) is 0 Å². The summed E-state index contributed by atoms with van der Waals surface area (Å²) in [5.41, 5.74) is 1.76. The fraction of sp³-hybridized carbons (Fsp3) is 0.200. The van der Waals surface area contributed by atoms with Gasteiger partial charge in [0.15, 0.2) is 0 Å². The van der Waals surface area contributed by atoms with Crippen molar-refractivity contribution in [2.24, 2.45) is 10.2 Å². The minimum absolute atomic E-state index is 0.448. The SMILES string of the molecule is CC1=NN([C@H](C#N)c2ccccc2)[Si-]2(C)(O1)OC(C)=N/[N+]2=C\c1ccccc1. The van der Waals surface area contributed by atoms with Crippen LogP contribution in [0.15, 0.2) is 70.9 Å². The summed E-state index contributed by atoms with van der Waals surface area (Å²) in [6, 6.07) is 21.0. The second-order valence-electron chi connectivity index (χ2n) is 7.02. The number of benzene rings is 2. The number of nitrogens with zero attached hydrogens (tertiary/aromatic N) is 5. The molecule has 2 aliphatic rings. The first-order valence-electron chi connectivity index (χ1n) is 9.04. The molecule has 2 heterocycles. The second kappa shape index (κ2) is 6.32. The Balaban J connectivity index is 1.88. The van der Waals surface area contributed by atoms with E-state index in [0.717, 1.165) is 11.1 Å². The Bertz CT molecular complexity index is 1040. The van der Waals surface area contributed by atoms with Gasteiger partial charge in [0.05, 0.1) is 0 Å². The molecule has 0 amide bonds. The molecule has 2 aromatic rings. The monoisotopic (exact) mass is 391 g/mol. The zero-order valence-electron chi connectivity index (χ0n) is 16.0. The third-order valence-electron chi connectivity index (χ3n) is 4.85. The van der Waals surface area contributed by atoms with E-state index < -0.39 is 14.2 Å². The summed E-state index contributed by atoms with van der Waals surface area (Å²) in [5.74, 6) is 0.922. The number of hydrazone groups is 2. The van der Waals surface area contributed by atoms with Crippen LogP contribution in [-0.2, 0) is 8.85 Å². The van der Waals surface area contributed by atoms with E-state index in [9.17, 15) is 5.26 Å². The topological polar surface area (TPSA) is 73.2 Å². The molecule has 1 spiro atoms. The Labute approximate surface area is 164 Å². The molecule has 0 bridgehead atoms. The molecule has 0 aromatic heterocycles. The van der Waals surface area contributed by atoms with Gasteiger partial charge in [-0.3, -0.25) is 0 Å². The molecule has 0 aliphatic carbocycles. The van der Waals surface area contributed by atoms with Gasteiger partial charge in [0.25, 0.3) is 0 Å². The van der Waals surface area contributed by atoms with Gasteiger partial charge in [-0.2, -0.15) is 0 Å². The summed E-state index contributed by atoms with van der Waals surface area (Å²) in [6.45, 7) is 5.43. The molecule has 1 atom stereocenters. The van der Waals surface area contributed by atoms with Gasteiger partial charge in [0, 0.05) is 0 Å². The van der Waals surface area contributed by atoms with Gasteiger partial charge in [-0.05, 0) is 0 Å². The molecule has 0 unspecified atom stereocenters. The van der Waals surface area contributed by atoms with E-state index in [0.29, 0.717) is 11.8 Å². The molecule has 0 saturated heterocycles. The number of nitriles is 1. The predicted octanol–water partition coefficient (Wildman–Crippen LogP) is 3.43. The molecule has 2 aromatic carbocycles. The Morgan fingerprint density at radius 2 is 1.64 bits per heavy atom. The molecule has 2 aliphatic heterocycles. The van der Waals surface area contributed by atoms with Gasteiger partial charge in [0.2, 0.25) is 0 Å². The molecule has 0 fully saturated rings. The van der Waals surface area contributed by atoms with Crippen LogP contribution in [0.25, 0.3) is 0 Å².